The number of alkyl carbamates (subject to hydrolysis) is 1. The predicted octanol–water partition coefficient (Wildman–Crippen LogP) is 3.07. The molecule has 2 N–H and O–H groups in total. The van der Waals surface area contributed by atoms with Crippen molar-refractivity contribution in [2.45, 2.75) is 32.4 Å². The van der Waals surface area contributed by atoms with Crippen molar-refractivity contribution in [1.29, 1.82) is 0 Å². The molecular formula is C22H25N3O3. The van der Waals surface area contributed by atoms with Gasteiger partial charge in [0.25, 0.3) is 0 Å². The molecule has 0 spiro atoms. The number of carbonyl (C=O) groups is 1. The minimum atomic E-state index is -0.581. The normalized spacial score (nSPS) is 17.1. The highest BCUT2D eigenvalue weighted by Gasteiger charge is 2.28. The zero-order chi connectivity index (χ0) is 20.1. The number of carbonyl (C=O) groups excluding carboxylic acids is 1. The van der Waals surface area contributed by atoms with Gasteiger partial charge in [0.1, 0.15) is 17.5 Å². The summed E-state index contributed by atoms with van der Waals surface area (Å²) >= 11 is 0. The first kappa shape index (κ1) is 19.8. The van der Waals surface area contributed by atoms with Gasteiger partial charge in [0, 0.05) is 30.0 Å². The van der Waals surface area contributed by atoms with Crippen LogP contribution in [-0.2, 0) is 4.74 Å². The molecule has 2 aromatic rings. The maximum absolute atomic E-state index is 12.3. The Morgan fingerprint density at radius 1 is 1.18 bits per heavy atom. The average molecular weight is 379 g/mol. The maximum atomic E-state index is 12.3. The number of nitrogens with zero attached hydrogens (tertiary/aromatic N) is 1. The van der Waals surface area contributed by atoms with Gasteiger partial charge in [-0.1, -0.05) is 42.5 Å². The molecule has 6 nitrogen and oxygen atoms in total. The first-order valence-electron chi connectivity index (χ1n) is 9.24. The molecule has 0 aliphatic carbocycles. The third kappa shape index (κ3) is 5.06. The Bertz CT molecular complexity index is 885. The van der Waals surface area contributed by atoms with Crippen LogP contribution in [0.25, 0.3) is 5.57 Å². The van der Waals surface area contributed by atoms with Crippen molar-refractivity contribution in [3.05, 3.63) is 77.1 Å². The molecule has 6 heteroatoms. The molecule has 2 atom stereocenters. The number of nitrogens with one attached hydrogen (secondary N) is 2. The number of aliphatic imine (C=N–C) groups is 1. The van der Waals surface area contributed by atoms with Crippen LogP contribution in [0, 0.1) is 5.21 Å². The lowest BCUT2D eigenvalue weighted by atomic mass is 10.0. The molecule has 1 amide bonds. The third-order valence-electron chi connectivity index (χ3n) is 4.19. The molecule has 0 aromatic heterocycles. The number of rotatable bonds is 5. The number of para-hydroxylation sites is 1. The largest absolute Gasteiger partial charge is 0.624 e. The second-order valence-electron chi connectivity index (χ2n) is 7.60. The van der Waals surface area contributed by atoms with Crippen molar-refractivity contribution in [3.8, 4) is 0 Å². The molecule has 2 aromatic carbocycles. The average Bonchev–Trinajstić information content (AvgIpc) is 2.98. The summed E-state index contributed by atoms with van der Waals surface area (Å²) in [5.74, 6) is 0. The van der Waals surface area contributed by atoms with Gasteiger partial charge < -0.3 is 20.3 Å². The van der Waals surface area contributed by atoms with E-state index in [-0.39, 0.29) is 11.6 Å². The zero-order valence-electron chi connectivity index (χ0n) is 16.3. The summed E-state index contributed by atoms with van der Waals surface area (Å²) in [4.78, 5) is 16.8. The molecule has 1 aliphatic rings. The summed E-state index contributed by atoms with van der Waals surface area (Å²) in [5.41, 5.74) is 2.68. The van der Waals surface area contributed by atoms with Gasteiger partial charge in [-0.3, -0.25) is 4.99 Å². The van der Waals surface area contributed by atoms with Crippen molar-refractivity contribution >= 4 is 23.6 Å². The van der Waals surface area contributed by atoms with Crippen molar-refractivity contribution in [2.75, 3.05) is 6.54 Å². The first-order chi connectivity index (χ1) is 13.3. The molecule has 3 rings (SSSR count). The standard InChI is InChI=1S/C22H25N3O3/c1-22(2,3)28-21(26)24-14-19(23-13-16-9-5-4-6-10-16)18-15-25(27)20-12-8-7-11-17(18)20/h4-13,15,19,25H,14H2,1-3H3,(H,24,26). The molecule has 146 valence electrons. The van der Waals surface area contributed by atoms with E-state index in [2.05, 4.69) is 10.3 Å². The monoisotopic (exact) mass is 379 g/mol. The van der Waals surface area contributed by atoms with Gasteiger partial charge >= 0.3 is 6.09 Å². The van der Waals surface area contributed by atoms with Crippen LogP contribution < -0.4 is 10.4 Å². The van der Waals surface area contributed by atoms with Crippen LogP contribution in [-0.4, -0.2) is 30.5 Å². The number of fused-ring (bicyclic) bond motifs is 1. The summed E-state index contributed by atoms with van der Waals surface area (Å²) < 4.78 is 5.32. The fraction of sp³-hybridized carbons (Fsp3) is 0.273. The molecule has 0 radical (unpaired) electrons. The highest BCUT2D eigenvalue weighted by molar-refractivity contribution is 5.84. The van der Waals surface area contributed by atoms with Gasteiger partial charge in [0.05, 0.1) is 6.04 Å². The van der Waals surface area contributed by atoms with Crippen LogP contribution in [0.15, 0.2) is 65.8 Å². The molecular weight excluding hydrogens is 354 g/mol. The predicted molar refractivity (Wildman–Crippen MR) is 110 cm³/mol. The lowest BCUT2D eigenvalue weighted by Gasteiger charge is -2.21. The van der Waals surface area contributed by atoms with Crippen LogP contribution in [0.5, 0.6) is 0 Å². The van der Waals surface area contributed by atoms with E-state index in [9.17, 15) is 10.0 Å². The fourth-order valence-electron chi connectivity index (χ4n) is 2.97. The van der Waals surface area contributed by atoms with E-state index in [1.54, 1.807) is 18.5 Å². The number of hydrogen-bond donors (Lipinski definition) is 2. The minimum Gasteiger partial charge on any atom is -0.624 e. The number of benzene rings is 2. The summed E-state index contributed by atoms with van der Waals surface area (Å²) in [6, 6.07) is 16.7. The van der Waals surface area contributed by atoms with E-state index in [0.29, 0.717) is 5.69 Å². The van der Waals surface area contributed by atoms with Crippen LogP contribution in [0.1, 0.15) is 31.9 Å². The Morgan fingerprint density at radius 2 is 1.86 bits per heavy atom. The van der Waals surface area contributed by atoms with Crippen LogP contribution in [0.2, 0.25) is 0 Å². The molecule has 28 heavy (non-hydrogen) atoms. The second-order valence-corrected chi connectivity index (χ2v) is 7.60. The number of amides is 1. The molecule has 0 fully saturated rings. The number of quaternary nitrogens is 1. The summed E-state index contributed by atoms with van der Waals surface area (Å²) in [6.07, 6.45) is 2.85. The quantitative estimate of drug-likeness (QED) is 0.619. The van der Waals surface area contributed by atoms with Crippen molar-refractivity contribution in [1.82, 2.24) is 5.32 Å². The Morgan fingerprint density at radius 3 is 2.57 bits per heavy atom. The highest BCUT2D eigenvalue weighted by Crippen LogP contribution is 2.28. The molecule has 0 bridgehead atoms. The zero-order valence-corrected chi connectivity index (χ0v) is 16.3. The van der Waals surface area contributed by atoms with E-state index < -0.39 is 17.7 Å². The highest BCUT2D eigenvalue weighted by atomic mass is 16.6. The summed E-state index contributed by atoms with van der Waals surface area (Å²) in [6.45, 7) is 5.66. The minimum absolute atomic E-state index is 0.0391. The van der Waals surface area contributed by atoms with E-state index in [0.717, 1.165) is 16.7 Å². The Kier molecular flexibility index (Phi) is 5.92. The number of ether oxygens (including phenoxy) is 1. The van der Waals surface area contributed by atoms with E-state index in [4.69, 9.17) is 4.74 Å². The molecule has 2 unspecified atom stereocenters. The van der Waals surface area contributed by atoms with E-state index in [1.807, 2.05) is 69.3 Å². The van der Waals surface area contributed by atoms with Crippen LogP contribution in [0.4, 0.5) is 10.5 Å². The van der Waals surface area contributed by atoms with Gasteiger partial charge in [0.15, 0.2) is 0 Å². The molecule has 1 heterocycles. The fourth-order valence-corrected chi connectivity index (χ4v) is 2.97. The van der Waals surface area contributed by atoms with Gasteiger partial charge in [0.2, 0.25) is 0 Å². The smallest absolute Gasteiger partial charge is 0.407 e. The van der Waals surface area contributed by atoms with Gasteiger partial charge in [-0.2, -0.15) is 0 Å². The number of hydrogen-bond acceptors (Lipinski definition) is 4. The van der Waals surface area contributed by atoms with E-state index >= 15 is 0 Å². The van der Waals surface area contributed by atoms with Crippen molar-refractivity contribution in [3.63, 3.8) is 0 Å². The number of hydroxylamine groups is 1. The van der Waals surface area contributed by atoms with Crippen LogP contribution in [0.3, 0.4) is 0 Å². The maximum Gasteiger partial charge on any atom is 0.407 e. The lowest BCUT2D eigenvalue weighted by molar-refractivity contribution is -0.710. The van der Waals surface area contributed by atoms with E-state index in [1.165, 1.54) is 0 Å². The van der Waals surface area contributed by atoms with Gasteiger partial charge in [-0.15, -0.1) is 0 Å². The summed E-state index contributed by atoms with van der Waals surface area (Å²) in [7, 11) is 0. The van der Waals surface area contributed by atoms with Crippen molar-refractivity contribution < 1.29 is 14.6 Å². The topological polar surface area (TPSA) is 78.2 Å². The molecule has 0 saturated heterocycles. The Balaban J connectivity index is 1.82. The third-order valence-corrected chi connectivity index (χ3v) is 4.19. The second kappa shape index (κ2) is 8.37. The Hall–Kier alpha value is -2.96. The van der Waals surface area contributed by atoms with Crippen LogP contribution >= 0.6 is 0 Å². The lowest BCUT2D eigenvalue weighted by Crippen LogP contribution is -2.95. The SMILES string of the molecule is CC(C)(C)OC(=O)NCC(N=Cc1ccccc1)C1=C[NH+]([O-])c2ccccc21. The van der Waals surface area contributed by atoms with Crippen molar-refractivity contribution in [2.24, 2.45) is 4.99 Å². The molecule has 0 saturated carbocycles. The van der Waals surface area contributed by atoms with Gasteiger partial charge in [-0.25, -0.2) is 4.79 Å². The first-order valence-corrected chi connectivity index (χ1v) is 9.24. The molecule has 1 aliphatic heterocycles. The Labute approximate surface area is 165 Å². The van der Waals surface area contributed by atoms with Gasteiger partial charge in [-0.05, 0) is 32.4 Å². The summed E-state index contributed by atoms with van der Waals surface area (Å²) in [5, 5.41) is 15.1.